The van der Waals surface area contributed by atoms with Crippen molar-refractivity contribution in [3.63, 3.8) is 0 Å². The van der Waals surface area contributed by atoms with Crippen molar-refractivity contribution < 1.29 is 13.6 Å². The number of para-hydroxylation sites is 1. The highest BCUT2D eigenvalue weighted by molar-refractivity contribution is 7.89. The number of nitrogen functional groups attached to an aromatic ring is 1. The van der Waals surface area contributed by atoms with Crippen LogP contribution >= 0.6 is 0 Å². The summed E-state index contributed by atoms with van der Waals surface area (Å²) < 4.78 is 29.9. The van der Waals surface area contributed by atoms with Crippen LogP contribution in [0.15, 0.2) is 53.4 Å². The minimum atomic E-state index is -3.81. The van der Waals surface area contributed by atoms with E-state index in [0.717, 1.165) is 47.6 Å². The molecule has 2 aromatic carbocycles. The van der Waals surface area contributed by atoms with Crippen LogP contribution in [0.25, 0.3) is 21.9 Å². The Morgan fingerprint density at radius 3 is 2.69 bits per heavy atom. The molecule has 0 saturated heterocycles. The number of rotatable bonds is 11. The van der Waals surface area contributed by atoms with Gasteiger partial charge in [0.15, 0.2) is 5.82 Å². The summed E-state index contributed by atoms with van der Waals surface area (Å²) in [4.78, 5) is 9.24. The Bertz CT molecular complexity index is 1440. The lowest BCUT2D eigenvalue weighted by Gasteiger charge is -2.21. The third-order valence-electron chi connectivity index (χ3n) is 5.89. The molecule has 2 heterocycles. The topological polar surface area (TPSA) is 149 Å². The highest BCUT2D eigenvalue weighted by Gasteiger charge is 2.17. The molecule has 186 valence electrons. The first-order valence-corrected chi connectivity index (χ1v) is 13.1. The van der Waals surface area contributed by atoms with Crippen molar-refractivity contribution in [3.05, 3.63) is 59.6 Å². The second-order valence-corrected chi connectivity index (χ2v) is 10.1. The van der Waals surface area contributed by atoms with Gasteiger partial charge in [-0.05, 0) is 43.5 Å². The van der Waals surface area contributed by atoms with Gasteiger partial charge in [0.2, 0.25) is 10.0 Å². The van der Waals surface area contributed by atoms with Crippen LogP contribution in [0.1, 0.15) is 38.4 Å². The number of hydrogen-bond acceptors (Lipinski definition) is 8. The number of aromatic nitrogens is 3. The zero-order chi connectivity index (χ0) is 25.0. The molecule has 35 heavy (non-hydrogen) atoms. The van der Waals surface area contributed by atoms with Crippen molar-refractivity contribution in [2.24, 2.45) is 0 Å². The third kappa shape index (κ3) is 5.38. The van der Waals surface area contributed by atoms with E-state index in [4.69, 9.17) is 15.9 Å². The molecule has 4 aromatic rings. The molecule has 2 aromatic heterocycles. The second-order valence-electron chi connectivity index (χ2n) is 8.37. The van der Waals surface area contributed by atoms with Crippen molar-refractivity contribution >= 4 is 43.5 Å². The molecule has 0 fully saturated rings. The number of nitrogens with two attached hydrogens (primary N) is 1. The minimum absolute atomic E-state index is 0.0817. The molecule has 10 nitrogen and oxygen atoms in total. The van der Waals surface area contributed by atoms with Gasteiger partial charge in [0, 0.05) is 24.9 Å². The van der Waals surface area contributed by atoms with Crippen LogP contribution in [0.5, 0.6) is 0 Å². The fourth-order valence-electron chi connectivity index (χ4n) is 4.13. The Morgan fingerprint density at radius 1 is 1.11 bits per heavy atom. The van der Waals surface area contributed by atoms with Gasteiger partial charge >= 0.3 is 0 Å². The number of fused-ring (bicyclic) bond motifs is 3. The molecule has 0 unspecified atom stereocenters. The number of hydrogen-bond donors (Lipinski definition) is 3. The number of benzene rings is 2. The molecule has 0 atom stereocenters. The number of aryl methyl sites for hydroxylation is 2. The molecular weight excluding hydrogens is 468 g/mol. The number of pyridine rings is 1. The standard InChI is InChI=1S/C24H29N6O4S/c1-2-3-13-21-28-22-23(19-11-4-5-12-20(19)27-24(22)25)29(21)15-7-6-14-26-35(33,34)18-10-8-9-17(16-18)30(31)32/h4-5,8-12,16,26,31H,2-3,6-7,13-15H2,1H3,(H2,25,27)/q-1. The third-order valence-corrected chi connectivity index (χ3v) is 7.35. The van der Waals surface area contributed by atoms with Gasteiger partial charge in [0.05, 0.1) is 21.6 Å². The highest BCUT2D eigenvalue weighted by atomic mass is 32.2. The summed E-state index contributed by atoms with van der Waals surface area (Å²) in [6.45, 7) is 3.03. The lowest BCUT2D eigenvalue weighted by molar-refractivity contribution is 0.296. The molecule has 0 saturated carbocycles. The van der Waals surface area contributed by atoms with Gasteiger partial charge in [-0.2, -0.15) is 0 Å². The van der Waals surface area contributed by atoms with Crippen LogP contribution in [0.2, 0.25) is 0 Å². The van der Waals surface area contributed by atoms with Gasteiger partial charge in [-0.3, -0.25) is 5.21 Å². The van der Waals surface area contributed by atoms with E-state index < -0.39 is 10.0 Å². The van der Waals surface area contributed by atoms with E-state index in [1.54, 1.807) is 0 Å². The molecule has 0 bridgehead atoms. The predicted octanol–water partition coefficient (Wildman–Crippen LogP) is 3.96. The van der Waals surface area contributed by atoms with E-state index in [1.807, 2.05) is 24.3 Å². The molecule has 0 aliphatic rings. The summed E-state index contributed by atoms with van der Waals surface area (Å²) in [7, 11) is -3.81. The van der Waals surface area contributed by atoms with Crippen LogP contribution in [0, 0.1) is 5.21 Å². The predicted molar refractivity (Wildman–Crippen MR) is 137 cm³/mol. The fraction of sp³-hybridized carbons (Fsp3) is 0.333. The van der Waals surface area contributed by atoms with E-state index in [1.165, 1.54) is 18.2 Å². The van der Waals surface area contributed by atoms with Crippen LogP contribution in [-0.4, -0.2) is 34.7 Å². The first-order valence-electron chi connectivity index (χ1n) is 11.6. The van der Waals surface area contributed by atoms with E-state index >= 15 is 0 Å². The van der Waals surface area contributed by atoms with E-state index in [9.17, 15) is 13.6 Å². The lowest BCUT2D eigenvalue weighted by atomic mass is 10.2. The Labute approximate surface area is 204 Å². The highest BCUT2D eigenvalue weighted by Crippen LogP contribution is 2.29. The van der Waals surface area contributed by atoms with Crippen molar-refractivity contribution in [3.8, 4) is 0 Å². The summed E-state index contributed by atoms with van der Waals surface area (Å²) >= 11 is 0. The number of unbranched alkanes of at least 4 members (excludes halogenated alkanes) is 2. The van der Waals surface area contributed by atoms with Gasteiger partial charge in [0.25, 0.3) is 0 Å². The quantitative estimate of drug-likeness (QED) is 0.208. The minimum Gasteiger partial charge on any atom is -0.733 e. The number of nitrogens with zero attached hydrogens (tertiary/aromatic N) is 4. The maximum atomic E-state index is 12.6. The van der Waals surface area contributed by atoms with Crippen molar-refractivity contribution in [1.82, 2.24) is 19.3 Å². The second kappa shape index (κ2) is 10.6. The summed E-state index contributed by atoms with van der Waals surface area (Å²) in [5.74, 6) is 1.36. The molecule has 0 amide bonds. The molecule has 4 rings (SSSR count). The average molecular weight is 498 g/mol. The maximum absolute atomic E-state index is 12.6. The normalized spacial score (nSPS) is 12.0. The summed E-state index contributed by atoms with van der Waals surface area (Å²) in [5, 5.41) is 20.7. The fourth-order valence-corrected chi connectivity index (χ4v) is 5.24. The molecule has 0 aliphatic heterocycles. The number of imidazole rings is 1. The Hall–Kier alpha value is -3.25. The number of anilines is 2. The Balaban J connectivity index is 1.49. The summed E-state index contributed by atoms with van der Waals surface area (Å²) in [5.41, 5.74) is 8.56. The van der Waals surface area contributed by atoms with Crippen LogP contribution in [0.4, 0.5) is 11.5 Å². The molecule has 0 radical (unpaired) electrons. The molecule has 0 spiro atoms. The molecule has 11 heteroatoms. The lowest BCUT2D eigenvalue weighted by Crippen LogP contribution is -2.25. The first kappa shape index (κ1) is 24.9. The maximum Gasteiger partial charge on any atom is 0.240 e. The molecule has 4 N–H and O–H groups in total. The summed E-state index contributed by atoms with van der Waals surface area (Å²) in [6.07, 6.45) is 4.18. The zero-order valence-corrected chi connectivity index (χ0v) is 20.3. The Morgan fingerprint density at radius 2 is 1.91 bits per heavy atom. The Kier molecular flexibility index (Phi) is 7.51. The SMILES string of the molecule is CCCCc1nc2c(N)nc3ccccc3c2n1CCCCNS(=O)(=O)c1cccc(N([O-])O)c1. The van der Waals surface area contributed by atoms with Crippen LogP contribution in [-0.2, 0) is 23.0 Å². The largest absolute Gasteiger partial charge is 0.733 e. The molecule has 0 aliphatic carbocycles. The van der Waals surface area contributed by atoms with Crippen molar-refractivity contribution in [2.45, 2.75) is 50.5 Å². The average Bonchev–Trinajstić information content (AvgIpc) is 3.22. The van der Waals surface area contributed by atoms with Gasteiger partial charge in [0.1, 0.15) is 11.3 Å². The smallest absolute Gasteiger partial charge is 0.240 e. The zero-order valence-electron chi connectivity index (χ0n) is 19.5. The van der Waals surface area contributed by atoms with Gasteiger partial charge in [-0.25, -0.2) is 23.1 Å². The molecular formula is C24H29N6O4S-. The van der Waals surface area contributed by atoms with E-state index in [2.05, 4.69) is 21.2 Å². The monoisotopic (exact) mass is 497 g/mol. The number of sulfonamides is 1. The van der Waals surface area contributed by atoms with Gasteiger partial charge in [-0.1, -0.05) is 37.6 Å². The van der Waals surface area contributed by atoms with Crippen LogP contribution < -0.4 is 15.7 Å². The van der Waals surface area contributed by atoms with E-state index in [0.29, 0.717) is 30.7 Å². The van der Waals surface area contributed by atoms with Crippen molar-refractivity contribution in [1.29, 1.82) is 0 Å². The summed E-state index contributed by atoms with van der Waals surface area (Å²) in [6, 6.07) is 13.1. The van der Waals surface area contributed by atoms with Crippen LogP contribution in [0.3, 0.4) is 0 Å². The number of nitrogens with one attached hydrogen (secondary N) is 1. The first-order chi connectivity index (χ1) is 16.8. The van der Waals surface area contributed by atoms with E-state index in [-0.39, 0.29) is 22.4 Å². The van der Waals surface area contributed by atoms with Gasteiger partial charge in [-0.15, -0.1) is 0 Å². The van der Waals surface area contributed by atoms with Crippen molar-refractivity contribution in [2.75, 3.05) is 17.5 Å². The van der Waals surface area contributed by atoms with Gasteiger partial charge < -0.3 is 20.7 Å².